The van der Waals surface area contributed by atoms with Crippen molar-refractivity contribution in [3.05, 3.63) is 33.7 Å². The number of hydrogen-bond donors (Lipinski definition) is 2. The average molecular weight is 223 g/mol. The van der Waals surface area contributed by atoms with Crippen molar-refractivity contribution in [3.63, 3.8) is 0 Å². The predicted octanol–water partition coefficient (Wildman–Crippen LogP) is 3.06. The first kappa shape index (κ1) is 8.77. The molecule has 6 heteroatoms. The van der Waals surface area contributed by atoms with Gasteiger partial charge < -0.3 is 0 Å². The Morgan fingerprint density at radius 3 is 2.69 bits per heavy atom. The molecular weight excluding hydrogens is 218 g/mol. The van der Waals surface area contributed by atoms with Gasteiger partial charge in [-0.05, 0) is 11.5 Å². The molecule has 2 nitrogen and oxygen atoms in total. The Bertz CT molecular complexity index is 399. The minimum absolute atomic E-state index is 0.334. The van der Waals surface area contributed by atoms with E-state index in [1.54, 1.807) is 0 Å². The molecule has 1 aliphatic heterocycles. The molecule has 0 bridgehead atoms. The molecule has 2 heterocycles. The highest BCUT2D eigenvalue weighted by Crippen LogP contribution is 2.52. The molecule has 0 aromatic carbocycles. The lowest BCUT2D eigenvalue weighted by Crippen LogP contribution is -1.80. The summed E-state index contributed by atoms with van der Waals surface area (Å²) in [7, 11) is -1.44. The van der Waals surface area contributed by atoms with E-state index in [0.29, 0.717) is 10.0 Å². The van der Waals surface area contributed by atoms with Gasteiger partial charge in [0.2, 0.25) is 0 Å². The van der Waals surface area contributed by atoms with Gasteiger partial charge in [0, 0.05) is 6.20 Å². The molecule has 0 saturated heterocycles. The molecule has 0 fully saturated rings. The lowest BCUT2D eigenvalue weighted by molar-refractivity contribution is 0.595. The van der Waals surface area contributed by atoms with Crippen LogP contribution in [0.25, 0.3) is 0 Å². The van der Waals surface area contributed by atoms with Crippen molar-refractivity contribution in [2.24, 2.45) is 0 Å². The number of nitrogens with one attached hydrogen (secondary N) is 1. The van der Waals surface area contributed by atoms with Crippen molar-refractivity contribution in [2.75, 3.05) is 0 Å². The molecule has 1 aromatic heterocycles. The van der Waals surface area contributed by atoms with Gasteiger partial charge in [0.15, 0.2) is 11.0 Å². The van der Waals surface area contributed by atoms with E-state index >= 15 is 0 Å². The summed E-state index contributed by atoms with van der Waals surface area (Å²) in [6.07, 6.45) is 2.54. The first-order chi connectivity index (χ1) is 6.20. The quantitative estimate of drug-likeness (QED) is 0.703. The molecule has 0 spiro atoms. The SMILES string of the molecule is FC1=C(F)[SH](c2n[nH]cc2Cl)C=C1. The summed E-state index contributed by atoms with van der Waals surface area (Å²) in [5.41, 5.74) is 0. The van der Waals surface area contributed by atoms with Crippen molar-refractivity contribution < 1.29 is 8.78 Å². The lowest BCUT2D eigenvalue weighted by Gasteiger charge is -2.07. The number of rotatable bonds is 1. The average Bonchev–Trinajstić information content (AvgIpc) is 2.62. The molecule has 0 aliphatic carbocycles. The van der Waals surface area contributed by atoms with Crippen molar-refractivity contribution in [1.29, 1.82) is 0 Å². The van der Waals surface area contributed by atoms with E-state index in [0.717, 1.165) is 6.08 Å². The van der Waals surface area contributed by atoms with Crippen LogP contribution in [0.2, 0.25) is 5.02 Å². The summed E-state index contributed by atoms with van der Waals surface area (Å²) in [5, 5.41) is 7.64. The van der Waals surface area contributed by atoms with Crippen molar-refractivity contribution in [2.45, 2.75) is 5.03 Å². The van der Waals surface area contributed by atoms with Gasteiger partial charge in [-0.2, -0.15) is 9.49 Å². The number of aromatic amines is 1. The lowest BCUT2D eigenvalue weighted by atomic mass is 10.6. The zero-order valence-corrected chi connectivity index (χ0v) is 7.91. The monoisotopic (exact) mass is 222 g/mol. The van der Waals surface area contributed by atoms with Crippen LogP contribution in [0.5, 0.6) is 0 Å². The minimum atomic E-state index is -1.44. The molecule has 1 atom stereocenters. The molecule has 0 radical (unpaired) electrons. The molecule has 1 aromatic rings. The van der Waals surface area contributed by atoms with Crippen LogP contribution in [-0.4, -0.2) is 10.2 Å². The van der Waals surface area contributed by atoms with E-state index in [9.17, 15) is 8.78 Å². The van der Waals surface area contributed by atoms with Gasteiger partial charge in [-0.25, -0.2) is 4.39 Å². The largest absolute Gasteiger partial charge is 0.283 e. The number of H-pyrrole nitrogens is 1. The van der Waals surface area contributed by atoms with Crippen LogP contribution in [0.1, 0.15) is 0 Å². The standard InChI is InChI=1S/C7H5ClF2N2S/c8-4-3-11-12-7(4)13-2-1-5(9)6(13)10/h1-3,13H,(H,11,12). The third-order valence-electron chi connectivity index (χ3n) is 1.58. The second-order valence-corrected chi connectivity index (χ2v) is 4.64. The van der Waals surface area contributed by atoms with Gasteiger partial charge in [-0.1, -0.05) is 11.6 Å². The van der Waals surface area contributed by atoms with Crippen molar-refractivity contribution >= 4 is 22.5 Å². The molecule has 0 amide bonds. The summed E-state index contributed by atoms with van der Waals surface area (Å²) in [4.78, 5) is 0. The smallest absolute Gasteiger partial charge is 0.181 e. The van der Waals surface area contributed by atoms with Crippen LogP contribution in [0.3, 0.4) is 0 Å². The third kappa shape index (κ3) is 1.38. The van der Waals surface area contributed by atoms with Crippen molar-refractivity contribution in [3.8, 4) is 0 Å². The highest BCUT2D eigenvalue weighted by Gasteiger charge is 2.23. The molecule has 2 rings (SSSR count). The van der Waals surface area contributed by atoms with Crippen LogP contribution in [-0.2, 0) is 0 Å². The highest BCUT2D eigenvalue weighted by atomic mass is 35.5. The fourth-order valence-electron chi connectivity index (χ4n) is 0.990. The number of thiol groups is 1. The van der Waals surface area contributed by atoms with E-state index in [1.807, 2.05) is 0 Å². The second kappa shape index (κ2) is 3.16. The van der Waals surface area contributed by atoms with Gasteiger partial charge in [0.25, 0.3) is 0 Å². The van der Waals surface area contributed by atoms with E-state index in [1.165, 1.54) is 11.6 Å². The molecule has 70 valence electrons. The Morgan fingerprint density at radius 1 is 1.46 bits per heavy atom. The van der Waals surface area contributed by atoms with Crippen LogP contribution in [0, 0.1) is 0 Å². The fourth-order valence-corrected chi connectivity index (χ4v) is 2.86. The number of aromatic nitrogens is 2. The van der Waals surface area contributed by atoms with Gasteiger partial charge in [0.05, 0.1) is 5.02 Å². The first-order valence-corrected chi connectivity index (χ1v) is 5.21. The molecule has 0 saturated carbocycles. The van der Waals surface area contributed by atoms with Crippen LogP contribution < -0.4 is 0 Å². The number of hydrogen-bond acceptors (Lipinski definition) is 1. The Kier molecular flexibility index (Phi) is 2.13. The summed E-state index contributed by atoms with van der Waals surface area (Å²) < 4.78 is 25.7. The molecular formula is C7H5ClF2N2S. The maximum atomic E-state index is 13.1. The maximum absolute atomic E-state index is 13.1. The van der Waals surface area contributed by atoms with Crippen LogP contribution in [0.15, 0.2) is 33.7 Å². The van der Waals surface area contributed by atoms with Gasteiger partial charge in [-0.3, -0.25) is 5.10 Å². The first-order valence-electron chi connectivity index (χ1n) is 3.42. The Balaban J connectivity index is 2.41. The Hall–Kier alpha value is -0.810. The van der Waals surface area contributed by atoms with Crippen LogP contribution in [0.4, 0.5) is 8.78 Å². The molecule has 1 N–H and O–H groups in total. The summed E-state index contributed by atoms with van der Waals surface area (Å²) in [6.45, 7) is 0. The van der Waals surface area contributed by atoms with Crippen molar-refractivity contribution in [1.82, 2.24) is 10.2 Å². The van der Waals surface area contributed by atoms with Crippen LogP contribution >= 0.6 is 22.5 Å². The predicted molar refractivity (Wildman–Crippen MR) is 49.2 cm³/mol. The number of allylic oxidation sites excluding steroid dienone is 2. The normalized spacial score (nSPS) is 24.4. The van der Waals surface area contributed by atoms with E-state index < -0.39 is 21.9 Å². The zero-order valence-electron chi connectivity index (χ0n) is 6.26. The van der Waals surface area contributed by atoms with Gasteiger partial charge in [-0.15, -0.1) is 10.9 Å². The molecule has 13 heavy (non-hydrogen) atoms. The van der Waals surface area contributed by atoms with E-state index in [-0.39, 0.29) is 0 Å². The molecule has 1 unspecified atom stereocenters. The number of halogens is 3. The zero-order chi connectivity index (χ0) is 9.42. The fraction of sp³-hybridized carbons (Fsp3) is 0. The Labute approximate surface area is 80.6 Å². The van der Waals surface area contributed by atoms with E-state index in [4.69, 9.17) is 11.6 Å². The van der Waals surface area contributed by atoms with Gasteiger partial charge >= 0.3 is 0 Å². The van der Waals surface area contributed by atoms with Gasteiger partial charge in [0.1, 0.15) is 5.03 Å². The third-order valence-corrected chi connectivity index (χ3v) is 3.88. The summed E-state index contributed by atoms with van der Waals surface area (Å²) >= 11 is 5.71. The number of nitrogens with zero attached hydrogens (tertiary/aromatic N) is 1. The topological polar surface area (TPSA) is 28.7 Å². The highest BCUT2D eigenvalue weighted by molar-refractivity contribution is 8.23. The molecule has 1 aliphatic rings. The minimum Gasteiger partial charge on any atom is -0.283 e. The second-order valence-electron chi connectivity index (χ2n) is 2.38. The summed E-state index contributed by atoms with van der Waals surface area (Å²) in [5.74, 6) is -0.829. The van der Waals surface area contributed by atoms with E-state index in [2.05, 4.69) is 10.2 Å². The Morgan fingerprint density at radius 2 is 2.23 bits per heavy atom. The maximum Gasteiger partial charge on any atom is 0.181 e. The summed E-state index contributed by atoms with van der Waals surface area (Å²) in [6, 6.07) is 0.